The van der Waals surface area contributed by atoms with Crippen LogP contribution in [-0.2, 0) is 18.3 Å². The van der Waals surface area contributed by atoms with E-state index in [2.05, 4.69) is 47.6 Å². The monoisotopic (exact) mass is 334 g/mol. The summed E-state index contributed by atoms with van der Waals surface area (Å²) in [5.41, 5.74) is 5.30. The Morgan fingerprint density at radius 1 is 1.16 bits per heavy atom. The Kier molecular flexibility index (Phi) is 4.93. The lowest BCUT2D eigenvalue weighted by Gasteiger charge is -2.11. The van der Waals surface area contributed by atoms with Gasteiger partial charge >= 0.3 is 0 Å². The number of aryl methyl sites for hydroxylation is 4. The molecule has 0 spiro atoms. The molecule has 2 aromatic carbocycles. The van der Waals surface area contributed by atoms with Crippen LogP contribution in [0.15, 0.2) is 48.8 Å². The maximum Gasteiger partial charge on any atom is 0.224 e. The standard InChI is InChI=1S/C20H22N4O/c1-14-8-9-16(15(2)12-14)10-11-19(25)22-18-7-5-4-6-17(18)20-23-21-13-24(20)3/h4-9,12-13H,10-11H2,1-3H3,(H,22,25). The highest BCUT2D eigenvalue weighted by atomic mass is 16.1. The fourth-order valence-corrected chi connectivity index (χ4v) is 2.90. The van der Waals surface area contributed by atoms with Crippen LogP contribution in [0.3, 0.4) is 0 Å². The van der Waals surface area contributed by atoms with Crippen molar-refractivity contribution in [3.63, 3.8) is 0 Å². The number of carbonyl (C=O) groups excluding carboxylic acids is 1. The van der Waals surface area contributed by atoms with Crippen molar-refractivity contribution in [3.05, 3.63) is 65.5 Å². The molecule has 1 heterocycles. The van der Waals surface area contributed by atoms with Gasteiger partial charge in [0.25, 0.3) is 0 Å². The third kappa shape index (κ3) is 3.94. The van der Waals surface area contributed by atoms with Crippen LogP contribution >= 0.6 is 0 Å². The van der Waals surface area contributed by atoms with Crippen molar-refractivity contribution in [2.24, 2.45) is 7.05 Å². The van der Waals surface area contributed by atoms with Gasteiger partial charge in [-0.3, -0.25) is 4.79 Å². The van der Waals surface area contributed by atoms with E-state index in [-0.39, 0.29) is 5.91 Å². The van der Waals surface area contributed by atoms with E-state index >= 15 is 0 Å². The number of nitrogens with zero attached hydrogens (tertiary/aromatic N) is 3. The van der Waals surface area contributed by atoms with Gasteiger partial charge in [-0.2, -0.15) is 0 Å². The lowest BCUT2D eigenvalue weighted by Crippen LogP contribution is -2.13. The Labute approximate surface area is 147 Å². The fraction of sp³-hybridized carbons (Fsp3) is 0.250. The smallest absolute Gasteiger partial charge is 0.224 e. The Bertz CT molecular complexity index is 898. The maximum atomic E-state index is 12.4. The molecule has 0 atom stereocenters. The van der Waals surface area contributed by atoms with Gasteiger partial charge in [0.15, 0.2) is 5.82 Å². The van der Waals surface area contributed by atoms with Gasteiger partial charge in [-0.25, -0.2) is 0 Å². The van der Waals surface area contributed by atoms with Gasteiger partial charge in [0.05, 0.1) is 5.69 Å². The van der Waals surface area contributed by atoms with E-state index < -0.39 is 0 Å². The molecule has 3 rings (SSSR count). The summed E-state index contributed by atoms with van der Waals surface area (Å²) in [6, 6.07) is 14.0. The molecule has 5 nitrogen and oxygen atoms in total. The molecule has 0 aliphatic rings. The molecule has 0 saturated heterocycles. The summed E-state index contributed by atoms with van der Waals surface area (Å²) in [6.45, 7) is 4.16. The zero-order valence-electron chi connectivity index (χ0n) is 14.8. The third-order valence-electron chi connectivity index (χ3n) is 4.27. The van der Waals surface area contributed by atoms with Crippen LogP contribution in [0.1, 0.15) is 23.1 Å². The first-order valence-corrected chi connectivity index (χ1v) is 8.34. The molecule has 0 bridgehead atoms. The molecular formula is C20H22N4O. The van der Waals surface area contributed by atoms with Crippen molar-refractivity contribution >= 4 is 11.6 Å². The zero-order chi connectivity index (χ0) is 17.8. The molecule has 0 aliphatic heterocycles. The van der Waals surface area contributed by atoms with Crippen LogP contribution in [0, 0.1) is 13.8 Å². The quantitative estimate of drug-likeness (QED) is 0.774. The molecule has 0 unspecified atom stereocenters. The first kappa shape index (κ1) is 16.9. The lowest BCUT2D eigenvalue weighted by molar-refractivity contribution is -0.116. The average molecular weight is 334 g/mol. The molecule has 1 aromatic heterocycles. The van der Waals surface area contributed by atoms with Crippen LogP contribution in [0.5, 0.6) is 0 Å². The molecule has 5 heteroatoms. The van der Waals surface area contributed by atoms with Crippen molar-refractivity contribution in [1.82, 2.24) is 14.8 Å². The molecule has 0 aliphatic carbocycles. The summed E-state index contributed by atoms with van der Waals surface area (Å²) in [6.07, 6.45) is 2.81. The topological polar surface area (TPSA) is 59.8 Å². The van der Waals surface area contributed by atoms with Gasteiger partial charge in [-0.1, -0.05) is 35.9 Å². The largest absolute Gasteiger partial charge is 0.325 e. The molecule has 1 N–H and O–H groups in total. The molecule has 3 aromatic rings. The zero-order valence-corrected chi connectivity index (χ0v) is 14.8. The van der Waals surface area contributed by atoms with Crippen LogP contribution in [0.25, 0.3) is 11.4 Å². The molecule has 25 heavy (non-hydrogen) atoms. The Balaban J connectivity index is 1.71. The van der Waals surface area contributed by atoms with Crippen molar-refractivity contribution in [3.8, 4) is 11.4 Å². The first-order valence-electron chi connectivity index (χ1n) is 8.34. The summed E-state index contributed by atoms with van der Waals surface area (Å²) in [4.78, 5) is 12.4. The van der Waals surface area contributed by atoms with E-state index in [0.717, 1.165) is 23.5 Å². The minimum atomic E-state index is -0.00501. The van der Waals surface area contributed by atoms with E-state index in [1.54, 1.807) is 6.33 Å². The molecular weight excluding hydrogens is 312 g/mol. The van der Waals surface area contributed by atoms with Gasteiger partial charge in [0, 0.05) is 19.0 Å². The predicted molar refractivity (Wildman–Crippen MR) is 99.3 cm³/mol. The Hall–Kier alpha value is -2.95. The lowest BCUT2D eigenvalue weighted by atomic mass is 10.0. The number of aromatic nitrogens is 3. The molecule has 0 fully saturated rings. The molecule has 0 saturated carbocycles. The summed E-state index contributed by atoms with van der Waals surface area (Å²) in [5.74, 6) is 0.722. The first-order chi connectivity index (χ1) is 12.0. The van der Waals surface area contributed by atoms with E-state index in [0.29, 0.717) is 6.42 Å². The van der Waals surface area contributed by atoms with Crippen LogP contribution in [-0.4, -0.2) is 20.7 Å². The van der Waals surface area contributed by atoms with Crippen LogP contribution in [0.4, 0.5) is 5.69 Å². The minimum Gasteiger partial charge on any atom is -0.325 e. The third-order valence-corrected chi connectivity index (χ3v) is 4.27. The van der Waals surface area contributed by atoms with Crippen LogP contribution < -0.4 is 5.32 Å². The number of anilines is 1. The van der Waals surface area contributed by atoms with E-state index in [1.807, 2.05) is 35.9 Å². The number of para-hydroxylation sites is 1. The van der Waals surface area contributed by atoms with E-state index in [1.165, 1.54) is 16.7 Å². The summed E-state index contributed by atoms with van der Waals surface area (Å²) >= 11 is 0. The van der Waals surface area contributed by atoms with Crippen molar-refractivity contribution in [2.75, 3.05) is 5.32 Å². The molecule has 1 amide bonds. The Morgan fingerprint density at radius 2 is 1.96 bits per heavy atom. The summed E-state index contributed by atoms with van der Waals surface area (Å²) in [7, 11) is 1.88. The SMILES string of the molecule is Cc1ccc(CCC(=O)Nc2ccccc2-c2nncn2C)c(C)c1. The van der Waals surface area contributed by atoms with Gasteiger partial charge in [-0.05, 0) is 43.5 Å². The number of hydrogen-bond donors (Lipinski definition) is 1. The highest BCUT2D eigenvalue weighted by Gasteiger charge is 2.12. The minimum absolute atomic E-state index is 0.00501. The molecule has 0 radical (unpaired) electrons. The van der Waals surface area contributed by atoms with Gasteiger partial charge < -0.3 is 9.88 Å². The highest BCUT2D eigenvalue weighted by Crippen LogP contribution is 2.25. The van der Waals surface area contributed by atoms with Crippen molar-refractivity contribution < 1.29 is 4.79 Å². The second kappa shape index (κ2) is 7.30. The van der Waals surface area contributed by atoms with Crippen molar-refractivity contribution in [1.29, 1.82) is 0 Å². The summed E-state index contributed by atoms with van der Waals surface area (Å²) < 4.78 is 1.83. The molecule has 128 valence electrons. The number of amides is 1. The number of rotatable bonds is 5. The summed E-state index contributed by atoms with van der Waals surface area (Å²) in [5, 5.41) is 11.0. The second-order valence-corrected chi connectivity index (χ2v) is 6.29. The number of carbonyl (C=O) groups is 1. The van der Waals surface area contributed by atoms with E-state index in [9.17, 15) is 4.79 Å². The second-order valence-electron chi connectivity index (χ2n) is 6.29. The average Bonchev–Trinajstić information content (AvgIpc) is 3.00. The Morgan fingerprint density at radius 3 is 2.68 bits per heavy atom. The number of hydrogen-bond acceptors (Lipinski definition) is 3. The maximum absolute atomic E-state index is 12.4. The van der Waals surface area contributed by atoms with Gasteiger partial charge in [-0.15, -0.1) is 10.2 Å². The predicted octanol–water partition coefficient (Wildman–Crippen LogP) is 3.67. The highest BCUT2D eigenvalue weighted by molar-refractivity contribution is 5.94. The van der Waals surface area contributed by atoms with Crippen LogP contribution in [0.2, 0.25) is 0 Å². The number of nitrogens with one attached hydrogen (secondary N) is 1. The van der Waals surface area contributed by atoms with Gasteiger partial charge in [0.1, 0.15) is 6.33 Å². The van der Waals surface area contributed by atoms with Crippen molar-refractivity contribution in [2.45, 2.75) is 26.7 Å². The van der Waals surface area contributed by atoms with Gasteiger partial charge in [0.2, 0.25) is 5.91 Å². The normalized spacial score (nSPS) is 10.7. The number of benzene rings is 2. The fourth-order valence-electron chi connectivity index (χ4n) is 2.90. The van der Waals surface area contributed by atoms with E-state index in [4.69, 9.17) is 0 Å².